The number of hydrogen-bond donors (Lipinski definition) is 0. The maximum atomic E-state index is 13.2. The van der Waals surface area contributed by atoms with E-state index in [1.807, 2.05) is 54.7 Å². The zero-order chi connectivity index (χ0) is 22.7. The topological polar surface area (TPSA) is 71.8 Å². The average molecular weight is 499 g/mol. The molecule has 2 aromatic carbocycles. The Kier molecular flexibility index (Phi) is 6.62. The van der Waals surface area contributed by atoms with E-state index in [-0.39, 0.29) is 5.78 Å². The Labute approximate surface area is 194 Å². The highest BCUT2D eigenvalue weighted by Gasteiger charge is 2.33. The van der Waals surface area contributed by atoms with Gasteiger partial charge in [0.05, 0.1) is 19.9 Å². The van der Waals surface area contributed by atoms with Gasteiger partial charge in [0.2, 0.25) is 5.78 Å². The quantitative estimate of drug-likeness (QED) is 0.446. The first-order valence-corrected chi connectivity index (χ1v) is 10.8. The molecule has 0 N–H and O–H groups in total. The van der Waals surface area contributed by atoms with Gasteiger partial charge in [0.25, 0.3) is 0 Å². The first kappa shape index (κ1) is 22.1. The molecular formula is C24H23BrN2O5. The number of benzene rings is 2. The SMILES string of the molecule is COc1cc(C2=CCC(C(=O)C(OC)c3ccc(-n4cccn4)cc3)O2)cc(OC)c1Br. The maximum Gasteiger partial charge on any atom is 0.206 e. The van der Waals surface area contributed by atoms with Gasteiger partial charge < -0.3 is 18.9 Å². The Morgan fingerprint density at radius 3 is 2.41 bits per heavy atom. The van der Waals surface area contributed by atoms with Crippen molar-refractivity contribution in [1.82, 2.24) is 9.78 Å². The van der Waals surface area contributed by atoms with Crippen molar-refractivity contribution < 1.29 is 23.7 Å². The van der Waals surface area contributed by atoms with E-state index in [9.17, 15) is 4.79 Å². The summed E-state index contributed by atoms with van der Waals surface area (Å²) in [5.41, 5.74) is 2.44. The Morgan fingerprint density at radius 1 is 1.16 bits per heavy atom. The van der Waals surface area contributed by atoms with Crippen LogP contribution in [0.4, 0.5) is 0 Å². The standard InChI is InChI=1S/C24H23BrN2O5/c1-29-20-13-16(14-21(30-2)22(20)25)18-9-10-19(32-18)23(28)24(31-3)15-5-7-17(8-6-15)27-12-4-11-26-27/h4-9,11-14,19,24H,10H2,1-3H3. The third-order valence-electron chi connectivity index (χ3n) is 5.29. The molecule has 32 heavy (non-hydrogen) atoms. The molecule has 2 heterocycles. The molecular weight excluding hydrogens is 476 g/mol. The number of halogens is 1. The molecule has 4 rings (SSSR count). The van der Waals surface area contributed by atoms with Crippen molar-refractivity contribution in [3.63, 3.8) is 0 Å². The fourth-order valence-corrected chi connectivity index (χ4v) is 4.20. The second-order valence-electron chi connectivity index (χ2n) is 7.17. The van der Waals surface area contributed by atoms with Crippen molar-refractivity contribution >= 4 is 27.5 Å². The van der Waals surface area contributed by atoms with Gasteiger partial charge in [-0.2, -0.15) is 5.10 Å². The highest BCUT2D eigenvalue weighted by molar-refractivity contribution is 9.10. The first-order chi connectivity index (χ1) is 15.5. The van der Waals surface area contributed by atoms with Crippen LogP contribution in [0.15, 0.2) is 65.4 Å². The van der Waals surface area contributed by atoms with Crippen molar-refractivity contribution in [2.75, 3.05) is 21.3 Å². The fourth-order valence-electron chi connectivity index (χ4n) is 3.64. The summed E-state index contributed by atoms with van der Waals surface area (Å²) in [6.07, 6.45) is 4.57. The number of hydrogen-bond acceptors (Lipinski definition) is 6. The fraction of sp³-hybridized carbons (Fsp3) is 0.250. The minimum atomic E-state index is -0.728. The summed E-state index contributed by atoms with van der Waals surface area (Å²) in [6.45, 7) is 0. The average Bonchev–Trinajstić information content (AvgIpc) is 3.53. The summed E-state index contributed by atoms with van der Waals surface area (Å²) in [5.74, 6) is 1.70. The largest absolute Gasteiger partial charge is 0.495 e. The van der Waals surface area contributed by atoms with Crippen LogP contribution in [-0.4, -0.2) is 43.0 Å². The van der Waals surface area contributed by atoms with Gasteiger partial charge in [-0.1, -0.05) is 12.1 Å². The van der Waals surface area contributed by atoms with Gasteiger partial charge >= 0.3 is 0 Å². The molecule has 0 radical (unpaired) electrons. The summed E-state index contributed by atoms with van der Waals surface area (Å²) >= 11 is 3.46. The molecule has 2 atom stereocenters. The molecule has 166 valence electrons. The number of ketones is 1. The Balaban J connectivity index is 1.50. The number of ether oxygens (including phenoxy) is 4. The lowest BCUT2D eigenvalue weighted by Crippen LogP contribution is -2.27. The summed E-state index contributed by atoms with van der Waals surface area (Å²) < 4.78 is 24.9. The number of Topliss-reactive ketones (excluding diaryl/α,β-unsaturated/α-hetero) is 1. The zero-order valence-corrected chi connectivity index (χ0v) is 19.5. The lowest BCUT2D eigenvalue weighted by atomic mass is 10.0. The maximum absolute atomic E-state index is 13.2. The lowest BCUT2D eigenvalue weighted by Gasteiger charge is -2.20. The number of aromatic nitrogens is 2. The molecule has 1 aliphatic heterocycles. The van der Waals surface area contributed by atoms with Crippen molar-refractivity contribution in [2.45, 2.75) is 18.6 Å². The number of rotatable bonds is 8. The van der Waals surface area contributed by atoms with Gasteiger partial charge in [-0.3, -0.25) is 4.79 Å². The first-order valence-electron chi connectivity index (χ1n) is 10.0. The highest BCUT2D eigenvalue weighted by atomic mass is 79.9. The number of methoxy groups -OCH3 is 3. The molecule has 8 heteroatoms. The normalized spacial score (nSPS) is 16.2. The van der Waals surface area contributed by atoms with E-state index in [0.717, 1.165) is 21.3 Å². The second-order valence-corrected chi connectivity index (χ2v) is 7.96. The van der Waals surface area contributed by atoms with Crippen LogP contribution in [0, 0.1) is 0 Å². The minimum absolute atomic E-state index is 0.137. The number of carbonyl (C=O) groups is 1. The molecule has 3 aromatic rings. The monoisotopic (exact) mass is 498 g/mol. The van der Waals surface area contributed by atoms with Crippen LogP contribution in [0.1, 0.15) is 23.7 Å². The number of nitrogens with zero attached hydrogens (tertiary/aromatic N) is 2. The van der Waals surface area contributed by atoms with Crippen molar-refractivity contribution in [3.8, 4) is 17.2 Å². The Bertz CT molecular complexity index is 1100. The third-order valence-corrected chi connectivity index (χ3v) is 6.07. The third kappa shape index (κ3) is 4.28. The van der Waals surface area contributed by atoms with E-state index in [1.165, 1.54) is 7.11 Å². The van der Waals surface area contributed by atoms with Crippen molar-refractivity contribution in [3.05, 3.63) is 76.5 Å². The van der Waals surface area contributed by atoms with Gasteiger partial charge in [0, 0.05) is 31.5 Å². The van der Waals surface area contributed by atoms with Gasteiger partial charge in [0.1, 0.15) is 27.8 Å². The number of carbonyl (C=O) groups excluding carboxylic acids is 1. The molecule has 0 bridgehead atoms. The summed E-state index contributed by atoms with van der Waals surface area (Å²) in [4.78, 5) is 13.2. The van der Waals surface area contributed by atoms with Crippen LogP contribution in [0.3, 0.4) is 0 Å². The van der Waals surface area contributed by atoms with E-state index in [4.69, 9.17) is 18.9 Å². The zero-order valence-electron chi connectivity index (χ0n) is 17.9. The molecule has 0 amide bonds. The molecule has 1 aliphatic rings. The van der Waals surface area contributed by atoms with Crippen molar-refractivity contribution in [1.29, 1.82) is 0 Å². The Morgan fingerprint density at radius 2 is 1.84 bits per heavy atom. The van der Waals surface area contributed by atoms with Crippen LogP contribution in [0.25, 0.3) is 11.4 Å². The second kappa shape index (κ2) is 9.58. The molecule has 7 nitrogen and oxygen atoms in total. The molecule has 1 aromatic heterocycles. The van der Waals surface area contributed by atoms with Crippen LogP contribution in [-0.2, 0) is 14.3 Å². The van der Waals surface area contributed by atoms with Gasteiger partial charge in [-0.05, 0) is 57.9 Å². The van der Waals surface area contributed by atoms with Crippen LogP contribution < -0.4 is 9.47 Å². The molecule has 2 unspecified atom stereocenters. The van der Waals surface area contributed by atoms with Crippen LogP contribution >= 0.6 is 15.9 Å². The molecule has 0 saturated heterocycles. The molecule has 0 aliphatic carbocycles. The summed E-state index contributed by atoms with van der Waals surface area (Å²) in [7, 11) is 4.69. The summed E-state index contributed by atoms with van der Waals surface area (Å²) in [6, 6.07) is 13.1. The smallest absolute Gasteiger partial charge is 0.206 e. The van der Waals surface area contributed by atoms with Gasteiger partial charge in [-0.15, -0.1) is 0 Å². The van der Waals surface area contributed by atoms with E-state index in [2.05, 4.69) is 21.0 Å². The predicted molar refractivity (Wildman–Crippen MR) is 123 cm³/mol. The Hall–Kier alpha value is -3.10. The van der Waals surface area contributed by atoms with Gasteiger partial charge in [0.15, 0.2) is 6.10 Å². The van der Waals surface area contributed by atoms with Crippen LogP contribution in [0.2, 0.25) is 0 Å². The predicted octanol–water partition coefficient (Wildman–Crippen LogP) is 4.74. The highest BCUT2D eigenvalue weighted by Crippen LogP contribution is 2.40. The van der Waals surface area contributed by atoms with Crippen molar-refractivity contribution in [2.24, 2.45) is 0 Å². The minimum Gasteiger partial charge on any atom is -0.495 e. The summed E-state index contributed by atoms with van der Waals surface area (Å²) in [5, 5.41) is 4.22. The van der Waals surface area contributed by atoms with Gasteiger partial charge in [-0.25, -0.2) is 4.68 Å². The molecule has 0 saturated carbocycles. The van der Waals surface area contributed by atoms with E-state index in [1.54, 1.807) is 25.1 Å². The van der Waals surface area contributed by atoms with E-state index >= 15 is 0 Å². The van der Waals surface area contributed by atoms with Crippen LogP contribution in [0.5, 0.6) is 11.5 Å². The molecule has 0 spiro atoms. The van der Waals surface area contributed by atoms with E-state index in [0.29, 0.717) is 23.7 Å². The lowest BCUT2D eigenvalue weighted by molar-refractivity contribution is -0.136. The molecule has 0 fully saturated rings. The van der Waals surface area contributed by atoms with E-state index < -0.39 is 12.2 Å².